The Balaban J connectivity index is 1.78. The minimum Gasteiger partial charge on any atom is -0.492 e. The Labute approximate surface area is 171 Å². The number of thiazole rings is 1. The summed E-state index contributed by atoms with van der Waals surface area (Å²) in [4.78, 5) is 21.0. The zero-order valence-electron chi connectivity index (χ0n) is 13.4. The molecule has 1 amide bonds. The van der Waals surface area contributed by atoms with Crippen molar-refractivity contribution in [3.63, 3.8) is 0 Å². The van der Waals surface area contributed by atoms with Gasteiger partial charge < -0.3 is 10.4 Å². The van der Waals surface area contributed by atoms with E-state index in [0.717, 1.165) is 14.8 Å². The zero-order chi connectivity index (χ0) is 18.4. The molecular weight excluding hydrogens is 485 g/mol. The maximum Gasteiger partial charge on any atom is 0.279 e. The third-order valence-electron chi connectivity index (χ3n) is 3.92. The molecule has 0 unspecified atom stereocenters. The normalized spacial score (nSPS) is 12.9. The van der Waals surface area contributed by atoms with Crippen molar-refractivity contribution in [2.24, 2.45) is 4.99 Å². The molecule has 4 rings (SSSR count). The van der Waals surface area contributed by atoms with Crippen LogP contribution in [0.4, 0.5) is 10.8 Å². The Hall–Kier alpha value is -1.97. The smallest absolute Gasteiger partial charge is 0.279 e. The van der Waals surface area contributed by atoms with E-state index in [1.807, 2.05) is 31.2 Å². The van der Waals surface area contributed by atoms with Crippen LogP contribution in [0.2, 0.25) is 5.02 Å². The van der Waals surface area contributed by atoms with Crippen LogP contribution in [0, 0.1) is 10.5 Å². The fourth-order valence-electron chi connectivity index (χ4n) is 2.63. The second-order valence-corrected chi connectivity index (χ2v) is 8.37. The molecule has 0 fully saturated rings. The van der Waals surface area contributed by atoms with Crippen LogP contribution in [0.15, 0.2) is 41.4 Å². The number of amides is 1. The molecule has 5 nitrogen and oxygen atoms in total. The summed E-state index contributed by atoms with van der Waals surface area (Å²) in [6.07, 6.45) is 0. The fraction of sp³-hybridized carbons (Fsp3) is 0.0556. The van der Waals surface area contributed by atoms with Crippen LogP contribution in [0.25, 0.3) is 5.57 Å². The molecule has 0 saturated heterocycles. The van der Waals surface area contributed by atoms with Crippen LogP contribution >= 0.6 is 45.5 Å². The number of aromatic nitrogens is 1. The van der Waals surface area contributed by atoms with E-state index < -0.39 is 0 Å². The van der Waals surface area contributed by atoms with Gasteiger partial charge in [-0.25, -0.2) is 4.99 Å². The number of carbonyl (C=O) groups excluding carboxylic acids is 1. The highest BCUT2D eigenvalue weighted by Gasteiger charge is 2.25. The van der Waals surface area contributed by atoms with Crippen molar-refractivity contribution in [3.05, 3.63) is 66.0 Å². The summed E-state index contributed by atoms with van der Waals surface area (Å²) in [7, 11) is 0. The van der Waals surface area contributed by atoms with Gasteiger partial charge in [0.05, 0.1) is 10.9 Å². The molecule has 0 atom stereocenters. The van der Waals surface area contributed by atoms with Gasteiger partial charge >= 0.3 is 0 Å². The van der Waals surface area contributed by atoms with Crippen LogP contribution in [-0.4, -0.2) is 16.0 Å². The van der Waals surface area contributed by atoms with Gasteiger partial charge in [0.25, 0.3) is 5.91 Å². The van der Waals surface area contributed by atoms with E-state index in [1.165, 1.54) is 11.3 Å². The predicted octanol–water partition coefficient (Wildman–Crippen LogP) is 3.52. The molecule has 0 radical (unpaired) electrons. The molecule has 2 N–H and O–H groups in total. The quantitative estimate of drug-likeness (QED) is 0.546. The van der Waals surface area contributed by atoms with Crippen LogP contribution in [0.1, 0.15) is 10.4 Å². The average Bonchev–Trinajstić information content (AvgIpc) is 3.09. The van der Waals surface area contributed by atoms with E-state index in [9.17, 15) is 9.90 Å². The largest absolute Gasteiger partial charge is 0.492 e. The SMILES string of the molecule is Cc1ccc(Nc2nc(O)c(C3=c4cc(I)ccc4=NC3=O)s2)cc1Cl. The summed E-state index contributed by atoms with van der Waals surface area (Å²) in [5, 5.41) is 15.8. The number of hydrogen-bond acceptors (Lipinski definition) is 5. The molecule has 2 heterocycles. The lowest BCUT2D eigenvalue weighted by molar-refractivity contribution is -0.112. The minimum atomic E-state index is -0.370. The van der Waals surface area contributed by atoms with Gasteiger partial charge in [0.1, 0.15) is 4.88 Å². The molecule has 1 aromatic heterocycles. The number of aromatic hydroxyl groups is 1. The molecule has 0 bridgehead atoms. The molecule has 0 aliphatic carbocycles. The van der Waals surface area contributed by atoms with Gasteiger partial charge in [-0.15, -0.1) is 0 Å². The predicted molar refractivity (Wildman–Crippen MR) is 111 cm³/mol. The van der Waals surface area contributed by atoms with Gasteiger partial charge in [0, 0.05) is 19.5 Å². The first kappa shape index (κ1) is 17.4. The molecular formula is C18H11ClIN3O2S. The number of halogens is 2. The molecule has 26 heavy (non-hydrogen) atoms. The lowest BCUT2D eigenvalue weighted by Crippen LogP contribution is -2.23. The van der Waals surface area contributed by atoms with Crippen LogP contribution < -0.4 is 15.9 Å². The zero-order valence-corrected chi connectivity index (χ0v) is 17.1. The molecule has 0 spiro atoms. The van der Waals surface area contributed by atoms with Crippen molar-refractivity contribution >= 4 is 67.8 Å². The Morgan fingerprint density at radius 3 is 2.81 bits per heavy atom. The van der Waals surface area contributed by atoms with Crippen molar-refractivity contribution in [2.45, 2.75) is 6.92 Å². The maximum atomic E-state index is 12.4. The number of nitrogens with zero attached hydrogens (tertiary/aromatic N) is 2. The fourth-order valence-corrected chi connectivity index (χ4v) is 4.23. The first-order valence-corrected chi connectivity index (χ1v) is 9.86. The summed E-state index contributed by atoms with van der Waals surface area (Å²) in [5.41, 5.74) is 2.10. The third-order valence-corrected chi connectivity index (χ3v) is 5.98. The molecule has 130 valence electrons. The third kappa shape index (κ3) is 3.10. The van der Waals surface area contributed by atoms with E-state index in [4.69, 9.17) is 11.6 Å². The molecule has 8 heteroatoms. The van der Waals surface area contributed by atoms with Crippen LogP contribution in [0.5, 0.6) is 5.88 Å². The number of aryl methyl sites for hydroxylation is 1. The first-order valence-electron chi connectivity index (χ1n) is 7.58. The Morgan fingerprint density at radius 2 is 2.04 bits per heavy atom. The molecule has 2 aromatic carbocycles. The number of fused-ring (bicyclic) bond motifs is 1. The Bertz CT molecular complexity index is 1190. The standard InChI is InChI=1S/C18H11ClIN3O2S/c1-8-2-4-10(7-12(8)19)21-18-23-17(25)15(26-18)14-11-6-9(20)3-5-13(11)22-16(14)24/h2-7,25H,1H3,(H,21,23). The number of carbonyl (C=O) groups is 1. The second kappa shape index (κ2) is 6.64. The topological polar surface area (TPSA) is 74.6 Å². The van der Waals surface area contributed by atoms with Crippen molar-refractivity contribution in [3.8, 4) is 5.88 Å². The van der Waals surface area contributed by atoms with E-state index >= 15 is 0 Å². The number of rotatable bonds is 3. The first-order chi connectivity index (χ1) is 12.4. The lowest BCUT2D eigenvalue weighted by atomic mass is 10.1. The molecule has 1 aliphatic heterocycles. The summed E-state index contributed by atoms with van der Waals surface area (Å²) >= 11 is 9.52. The highest BCUT2D eigenvalue weighted by molar-refractivity contribution is 14.1. The highest BCUT2D eigenvalue weighted by Crippen LogP contribution is 2.35. The van der Waals surface area contributed by atoms with Crippen molar-refractivity contribution in [1.82, 2.24) is 4.98 Å². The molecule has 0 saturated carbocycles. The number of hydrogen-bond donors (Lipinski definition) is 2. The van der Waals surface area contributed by atoms with Crippen LogP contribution in [-0.2, 0) is 4.79 Å². The Kier molecular flexibility index (Phi) is 4.45. The van der Waals surface area contributed by atoms with Gasteiger partial charge in [0.15, 0.2) is 5.13 Å². The van der Waals surface area contributed by atoms with Crippen LogP contribution in [0.3, 0.4) is 0 Å². The summed E-state index contributed by atoms with van der Waals surface area (Å²) in [6.45, 7) is 1.92. The van der Waals surface area contributed by atoms with E-state index in [0.29, 0.717) is 31.2 Å². The van der Waals surface area contributed by atoms with E-state index in [2.05, 4.69) is 37.9 Å². The molecule has 3 aromatic rings. The molecule has 1 aliphatic rings. The van der Waals surface area contributed by atoms with Crippen molar-refractivity contribution < 1.29 is 9.90 Å². The summed E-state index contributed by atoms with van der Waals surface area (Å²) in [5.74, 6) is -0.563. The van der Waals surface area contributed by atoms with E-state index in [1.54, 1.807) is 12.1 Å². The number of benzene rings is 2. The number of anilines is 2. The lowest BCUT2D eigenvalue weighted by Gasteiger charge is -2.04. The van der Waals surface area contributed by atoms with Crippen molar-refractivity contribution in [2.75, 3.05) is 5.32 Å². The Morgan fingerprint density at radius 1 is 1.23 bits per heavy atom. The average molecular weight is 496 g/mol. The minimum absolute atomic E-state index is 0.194. The second-order valence-electron chi connectivity index (χ2n) is 5.71. The van der Waals surface area contributed by atoms with Gasteiger partial charge in [-0.3, -0.25) is 4.79 Å². The van der Waals surface area contributed by atoms with Crippen molar-refractivity contribution in [1.29, 1.82) is 0 Å². The van der Waals surface area contributed by atoms with Gasteiger partial charge in [0.2, 0.25) is 5.88 Å². The van der Waals surface area contributed by atoms with E-state index in [-0.39, 0.29) is 11.8 Å². The highest BCUT2D eigenvalue weighted by atomic mass is 127. The summed E-state index contributed by atoms with van der Waals surface area (Å²) < 4.78 is 0.986. The van der Waals surface area contributed by atoms with Gasteiger partial charge in [-0.1, -0.05) is 29.0 Å². The monoisotopic (exact) mass is 495 g/mol. The van der Waals surface area contributed by atoms with Gasteiger partial charge in [-0.2, -0.15) is 4.98 Å². The maximum absolute atomic E-state index is 12.4. The number of nitrogens with one attached hydrogen (secondary N) is 1. The van der Waals surface area contributed by atoms with Gasteiger partial charge in [-0.05, 0) is 65.4 Å². The summed E-state index contributed by atoms with van der Waals surface area (Å²) in [6, 6.07) is 11.1.